The largest absolute Gasteiger partial charge is 0.459 e. The molecule has 0 aliphatic rings. The number of rotatable bonds is 3. The van der Waals surface area contributed by atoms with E-state index in [0.29, 0.717) is 5.02 Å². The fraction of sp³-hybridized carbons (Fsp3) is 0.429. The van der Waals surface area contributed by atoms with Crippen LogP contribution in [0.3, 0.4) is 0 Å². The number of nitrogens with one attached hydrogen (secondary N) is 1. The molecule has 0 aliphatic heterocycles. The Bertz CT molecular complexity index is 510. The monoisotopic (exact) mass is 251 g/mol. The number of para-hydroxylation sites is 1. The van der Waals surface area contributed by atoms with Gasteiger partial charge in [-0.2, -0.15) is 0 Å². The predicted octanol–water partition coefficient (Wildman–Crippen LogP) is 4.02. The normalized spacial score (nSPS) is 12.2. The highest BCUT2D eigenvalue weighted by molar-refractivity contribution is 6.34. The van der Waals surface area contributed by atoms with Gasteiger partial charge in [0.15, 0.2) is 5.58 Å². The first-order chi connectivity index (χ1) is 7.96. The van der Waals surface area contributed by atoms with E-state index >= 15 is 0 Å². The van der Waals surface area contributed by atoms with Crippen molar-refractivity contribution in [2.45, 2.75) is 32.7 Å². The maximum absolute atomic E-state index is 6.07. The number of benzene rings is 1. The number of halogens is 1. The molecule has 1 heterocycles. The van der Waals surface area contributed by atoms with Crippen molar-refractivity contribution in [2.24, 2.45) is 0 Å². The minimum absolute atomic E-state index is 0.143. The van der Waals surface area contributed by atoms with Crippen LogP contribution in [0.15, 0.2) is 28.7 Å². The summed E-state index contributed by atoms with van der Waals surface area (Å²) in [6.07, 6.45) is 0.877. The second-order valence-electron chi connectivity index (χ2n) is 5.30. The molecule has 2 aromatic rings. The predicted molar refractivity (Wildman–Crippen MR) is 72.7 cm³/mol. The summed E-state index contributed by atoms with van der Waals surface area (Å²) in [5, 5.41) is 5.19. The highest BCUT2D eigenvalue weighted by atomic mass is 35.5. The molecule has 1 N–H and O–H groups in total. The Balaban J connectivity index is 2.07. The molecule has 92 valence electrons. The zero-order valence-electron chi connectivity index (χ0n) is 10.5. The van der Waals surface area contributed by atoms with E-state index in [1.807, 2.05) is 18.2 Å². The van der Waals surface area contributed by atoms with Crippen LogP contribution in [0.5, 0.6) is 0 Å². The molecule has 0 aliphatic carbocycles. The van der Waals surface area contributed by atoms with Gasteiger partial charge in [0.1, 0.15) is 5.76 Å². The van der Waals surface area contributed by atoms with Gasteiger partial charge in [0.25, 0.3) is 0 Å². The van der Waals surface area contributed by atoms with Crippen LogP contribution in [0.4, 0.5) is 0 Å². The van der Waals surface area contributed by atoms with Crippen LogP contribution in [0.1, 0.15) is 26.5 Å². The van der Waals surface area contributed by atoms with E-state index < -0.39 is 0 Å². The van der Waals surface area contributed by atoms with E-state index in [4.69, 9.17) is 16.0 Å². The highest BCUT2D eigenvalue weighted by Crippen LogP contribution is 2.26. The lowest BCUT2D eigenvalue weighted by Gasteiger charge is -2.19. The lowest BCUT2D eigenvalue weighted by atomic mass is 10.1. The standard InChI is InChI=1S/C14H18ClNO/c1-14(2,3)16-8-7-11-9-10-5-4-6-12(15)13(10)17-11/h4-6,9,16H,7-8H2,1-3H3. The van der Waals surface area contributed by atoms with Gasteiger partial charge in [0.2, 0.25) is 0 Å². The quantitative estimate of drug-likeness (QED) is 0.892. The Labute approximate surface area is 107 Å². The fourth-order valence-electron chi connectivity index (χ4n) is 1.76. The summed E-state index contributed by atoms with van der Waals surface area (Å²) in [7, 11) is 0. The van der Waals surface area contributed by atoms with Crippen molar-refractivity contribution >= 4 is 22.6 Å². The summed E-state index contributed by atoms with van der Waals surface area (Å²) >= 11 is 6.07. The number of hydrogen-bond donors (Lipinski definition) is 1. The van der Waals surface area contributed by atoms with Crippen molar-refractivity contribution in [1.29, 1.82) is 0 Å². The molecule has 0 fully saturated rings. The van der Waals surface area contributed by atoms with E-state index in [-0.39, 0.29) is 5.54 Å². The van der Waals surface area contributed by atoms with Crippen molar-refractivity contribution in [3.05, 3.63) is 35.0 Å². The van der Waals surface area contributed by atoms with Crippen LogP contribution in [0, 0.1) is 0 Å². The zero-order chi connectivity index (χ0) is 12.5. The molecule has 17 heavy (non-hydrogen) atoms. The SMILES string of the molecule is CC(C)(C)NCCc1cc2cccc(Cl)c2o1. The van der Waals surface area contributed by atoms with Crippen LogP contribution < -0.4 is 5.32 Å². The van der Waals surface area contributed by atoms with Gasteiger partial charge < -0.3 is 9.73 Å². The number of hydrogen-bond acceptors (Lipinski definition) is 2. The Morgan fingerprint density at radius 3 is 2.71 bits per heavy atom. The summed E-state index contributed by atoms with van der Waals surface area (Å²) in [6.45, 7) is 7.37. The minimum Gasteiger partial charge on any atom is -0.459 e. The summed E-state index contributed by atoms with van der Waals surface area (Å²) in [6, 6.07) is 7.87. The zero-order valence-corrected chi connectivity index (χ0v) is 11.3. The van der Waals surface area contributed by atoms with Gasteiger partial charge in [-0.1, -0.05) is 23.7 Å². The average Bonchev–Trinajstić information content (AvgIpc) is 2.60. The second-order valence-corrected chi connectivity index (χ2v) is 5.70. The first kappa shape index (κ1) is 12.5. The topological polar surface area (TPSA) is 25.2 Å². The van der Waals surface area contributed by atoms with Crippen molar-refractivity contribution in [2.75, 3.05) is 6.54 Å². The summed E-state index contributed by atoms with van der Waals surface area (Å²) in [5.41, 5.74) is 0.934. The van der Waals surface area contributed by atoms with Crippen LogP contribution in [-0.4, -0.2) is 12.1 Å². The number of furan rings is 1. The number of fused-ring (bicyclic) bond motifs is 1. The minimum atomic E-state index is 0.143. The lowest BCUT2D eigenvalue weighted by Crippen LogP contribution is -2.37. The van der Waals surface area contributed by atoms with E-state index in [2.05, 4.69) is 32.2 Å². The van der Waals surface area contributed by atoms with Crippen molar-refractivity contribution < 1.29 is 4.42 Å². The molecule has 2 rings (SSSR count). The van der Waals surface area contributed by atoms with Gasteiger partial charge in [0.05, 0.1) is 5.02 Å². The first-order valence-electron chi connectivity index (χ1n) is 5.88. The van der Waals surface area contributed by atoms with E-state index in [0.717, 1.165) is 29.7 Å². The molecule has 0 spiro atoms. The maximum atomic E-state index is 6.07. The Morgan fingerprint density at radius 2 is 2.06 bits per heavy atom. The van der Waals surface area contributed by atoms with Crippen LogP contribution in [0.25, 0.3) is 11.0 Å². The van der Waals surface area contributed by atoms with E-state index in [1.165, 1.54) is 0 Å². The van der Waals surface area contributed by atoms with Gasteiger partial charge in [-0.25, -0.2) is 0 Å². The smallest absolute Gasteiger partial charge is 0.152 e. The molecule has 0 amide bonds. The molecular formula is C14H18ClNO. The molecule has 0 radical (unpaired) electrons. The first-order valence-corrected chi connectivity index (χ1v) is 6.25. The third-order valence-electron chi connectivity index (χ3n) is 2.57. The molecule has 1 aromatic heterocycles. The average molecular weight is 252 g/mol. The molecular weight excluding hydrogens is 234 g/mol. The van der Waals surface area contributed by atoms with Crippen molar-refractivity contribution in [1.82, 2.24) is 5.32 Å². The third-order valence-corrected chi connectivity index (χ3v) is 2.87. The molecule has 2 nitrogen and oxygen atoms in total. The van der Waals surface area contributed by atoms with Crippen LogP contribution >= 0.6 is 11.6 Å². The summed E-state index contributed by atoms with van der Waals surface area (Å²) in [5.74, 6) is 0.977. The van der Waals surface area contributed by atoms with E-state index in [9.17, 15) is 0 Å². The summed E-state index contributed by atoms with van der Waals surface area (Å²) < 4.78 is 5.74. The fourth-order valence-corrected chi connectivity index (χ4v) is 1.99. The van der Waals surface area contributed by atoms with Gasteiger partial charge >= 0.3 is 0 Å². The van der Waals surface area contributed by atoms with Gasteiger partial charge in [-0.15, -0.1) is 0 Å². The second kappa shape index (κ2) is 4.71. The van der Waals surface area contributed by atoms with Crippen molar-refractivity contribution in [3.8, 4) is 0 Å². The van der Waals surface area contributed by atoms with Crippen molar-refractivity contribution in [3.63, 3.8) is 0 Å². The van der Waals surface area contributed by atoms with Gasteiger partial charge in [-0.3, -0.25) is 0 Å². The Morgan fingerprint density at radius 1 is 1.29 bits per heavy atom. The summed E-state index contributed by atoms with van der Waals surface area (Å²) in [4.78, 5) is 0. The van der Waals surface area contributed by atoms with Crippen LogP contribution in [0.2, 0.25) is 5.02 Å². The molecule has 0 saturated carbocycles. The maximum Gasteiger partial charge on any atom is 0.152 e. The third kappa shape index (κ3) is 3.24. The van der Waals surface area contributed by atoms with E-state index in [1.54, 1.807) is 0 Å². The Hall–Kier alpha value is -0.990. The Kier molecular flexibility index (Phi) is 3.45. The highest BCUT2D eigenvalue weighted by Gasteiger charge is 2.10. The molecule has 0 bridgehead atoms. The van der Waals surface area contributed by atoms with Gasteiger partial charge in [-0.05, 0) is 32.9 Å². The molecule has 0 atom stereocenters. The van der Waals surface area contributed by atoms with Gasteiger partial charge in [0, 0.05) is 23.9 Å². The molecule has 3 heteroatoms. The van der Waals surface area contributed by atoms with Crippen LogP contribution in [-0.2, 0) is 6.42 Å². The molecule has 0 saturated heterocycles. The molecule has 1 aromatic carbocycles. The lowest BCUT2D eigenvalue weighted by molar-refractivity contribution is 0.418. The molecule has 0 unspecified atom stereocenters.